The summed E-state index contributed by atoms with van der Waals surface area (Å²) in [7, 11) is -1.43. The van der Waals surface area contributed by atoms with Gasteiger partial charge < -0.3 is 13.6 Å². The molecule has 0 amide bonds. The van der Waals surface area contributed by atoms with Crippen LogP contribution < -0.4 is 0 Å². The van der Waals surface area contributed by atoms with Crippen LogP contribution in [0.4, 0.5) is 11.4 Å². The van der Waals surface area contributed by atoms with Crippen LogP contribution in [0, 0.1) is 0 Å². The molecule has 3 rings (SSSR count). The first kappa shape index (κ1) is 16.9. The molecule has 0 N–H and O–H groups in total. The van der Waals surface area contributed by atoms with E-state index in [4.69, 9.17) is 13.6 Å². The van der Waals surface area contributed by atoms with E-state index < -0.39 is 8.60 Å². The summed E-state index contributed by atoms with van der Waals surface area (Å²) in [6.45, 7) is 3.23. The molecule has 0 fully saturated rings. The number of hydrogen-bond acceptors (Lipinski definition) is 5. The van der Waals surface area contributed by atoms with Crippen molar-refractivity contribution in [2.75, 3.05) is 6.61 Å². The topological polar surface area (TPSA) is 52.4 Å². The molecule has 0 saturated carbocycles. The van der Waals surface area contributed by atoms with E-state index in [1.807, 2.05) is 55.5 Å². The molecule has 0 aliphatic carbocycles. The zero-order chi connectivity index (χ0) is 16.6. The Hall–Kier alpha value is -1.91. The largest absolute Gasteiger partial charge is 0.333 e. The normalized spacial score (nSPS) is 18.0. The molecule has 0 aromatic heterocycles. The molecule has 2 aromatic rings. The van der Waals surface area contributed by atoms with Gasteiger partial charge in [0.25, 0.3) is 0 Å². The molecule has 2 aromatic carbocycles. The lowest BCUT2D eigenvalue weighted by Gasteiger charge is -2.17. The molecule has 5 nitrogen and oxygen atoms in total. The molecule has 24 heavy (non-hydrogen) atoms. The molecule has 0 bridgehead atoms. The maximum absolute atomic E-state index is 5.84. The van der Waals surface area contributed by atoms with E-state index in [0.29, 0.717) is 19.8 Å². The molecule has 1 aliphatic rings. The fourth-order valence-corrected chi connectivity index (χ4v) is 3.13. The second-order valence-corrected chi connectivity index (χ2v) is 6.22. The highest BCUT2D eigenvalue weighted by Gasteiger charge is 2.15. The number of benzene rings is 2. The summed E-state index contributed by atoms with van der Waals surface area (Å²) in [6, 6.07) is 15.7. The van der Waals surface area contributed by atoms with Crippen molar-refractivity contribution >= 4 is 32.4 Å². The lowest BCUT2D eigenvalue weighted by atomic mass is 10.2. The molecule has 1 aliphatic heterocycles. The summed E-state index contributed by atoms with van der Waals surface area (Å²) in [5.41, 5.74) is 3.66. The highest BCUT2D eigenvalue weighted by Crippen LogP contribution is 2.42. The second-order valence-electron chi connectivity index (χ2n) is 5.00. The van der Waals surface area contributed by atoms with Crippen LogP contribution in [0.15, 0.2) is 58.5 Å². The Balaban J connectivity index is 1.91. The van der Waals surface area contributed by atoms with Gasteiger partial charge >= 0.3 is 8.60 Å². The van der Waals surface area contributed by atoms with Crippen molar-refractivity contribution in [3.8, 4) is 0 Å². The molecule has 6 heteroatoms. The Morgan fingerprint density at radius 1 is 0.875 bits per heavy atom. The Morgan fingerprint density at radius 2 is 1.38 bits per heavy atom. The van der Waals surface area contributed by atoms with Gasteiger partial charge in [0.05, 0.1) is 31.2 Å². The van der Waals surface area contributed by atoms with Crippen LogP contribution in [0.5, 0.6) is 0 Å². The number of para-hydroxylation sites is 2. The highest BCUT2D eigenvalue weighted by atomic mass is 31.2. The third-order valence-electron chi connectivity index (χ3n) is 3.36. The van der Waals surface area contributed by atoms with E-state index >= 15 is 0 Å². The summed E-state index contributed by atoms with van der Waals surface area (Å²) < 4.78 is 17.3. The first-order valence-electron chi connectivity index (χ1n) is 7.78. The number of fused-ring (bicyclic) bond motifs is 2. The van der Waals surface area contributed by atoms with Crippen molar-refractivity contribution in [2.24, 2.45) is 9.98 Å². The van der Waals surface area contributed by atoms with Gasteiger partial charge in [0, 0.05) is 23.6 Å². The van der Waals surface area contributed by atoms with Gasteiger partial charge in [-0.3, -0.25) is 9.98 Å². The minimum Gasteiger partial charge on any atom is -0.313 e. The highest BCUT2D eigenvalue weighted by molar-refractivity contribution is 7.41. The van der Waals surface area contributed by atoms with Crippen LogP contribution in [-0.4, -0.2) is 19.0 Å². The summed E-state index contributed by atoms with van der Waals surface area (Å²) >= 11 is 0. The quantitative estimate of drug-likeness (QED) is 0.713. The van der Waals surface area contributed by atoms with Crippen LogP contribution in [0.3, 0.4) is 0 Å². The summed E-state index contributed by atoms with van der Waals surface area (Å²) in [4.78, 5) is 8.93. The van der Waals surface area contributed by atoms with Gasteiger partial charge in [0.15, 0.2) is 0 Å². The van der Waals surface area contributed by atoms with Crippen molar-refractivity contribution in [1.82, 2.24) is 0 Å². The standard InChI is InChI=1S/C18H19N2O3P/c1-2-21-24-22-13-15-7-3-5-9-17(15)19-11-12-20-18-10-6-4-8-16(18)14-23-24/h3-12H,2,13-14H2,1H3. The van der Waals surface area contributed by atoms with Gasteiger partial charge in [-0.15, -0.1) is 0 Å². The number of hydrogen-bond donors (Lipinski definition) is 0. The first-order valence-corrected chi connectivity index (χ1v) is 8.88. The Kier molecular flexibility index (Phi) is 6.21. The van der Waals surface area contributed by atoms with E-state index in [2.05, 4.69) is 9.98 Å². The fraction of sp³-hybridized carbons (Fsp3) is 0.222. The Bertz CT molecular complexity index is 674. The molecule has 0 unspecified atom stereocenters. The van der Waals surface area contributed by atoms with E-state index in [1.165, 1.54) is 0 Å². The van der Waals surface area contributed by atoms with Gasteiger partial charge in [0.2, 0.25) is 0 Å². The van der Waals surface area contributed by atoms with Crippen molar-refractivity contribution in [3.63, 3.8) is 0 Å². The lowest BCUT2D eigenvalue weighted by Crippen LogP contribution is -1.97. The third-order valence-corrected chi connectivity index (χ3v) is 4.51. The van der Waals surface area contributed by atoms with Crippen molar-refractivity contribution in [2.45, 2.75) is 20.1 Å². The summed E-state index contributed by atoms with van der Waals surface area (Å²) in [5, 5.41) is 0. The second kappa shape index (κ2) is 8.81. The molecular weight excluding hydrogens is 323 g/mol. The number of aliphatic imine (C=N–C) groups is 2. The first-order chi connectivity index (χ1) is 11.9. The van der Waals surface area contributed by atoms with Crippen molar-refractivity contribution in [3.05, 3.63) is 59.7 Å². The molecule has 0 radical (unpaired) electrons. The monoisotopic (exact) mass is 342 g/mol. The van der Waals surface area contributed by atoms with Crippen LogP contribution in [0.2, 0.25) is 0 Å². The molecular formula is C18H19N2O3P. The van der Waals surface area contributed by atoms with Crippen molar-refractivity contribution in [1.29, 1.82) is 0 Å². The Labute approximate surface area is 143 Å². The van der Waals surface area contributed by atoms with Gasteiger partial charge in [-0.2, -0.15) is 0 Å². The Morgan fingerprint density at radius 3 is 1.88 bits per heavy atom. The van der Waals surface area contributed by atoms with E-state index in [1.54, 1.807) is 12.4 Å². The third kappa shape index (κ3) is 4.56. The molecule has 1 heterocycles. The van der Waals surface area contributed by atoms with Crippen LogP contribution in [0.25, 0.3) is 0 Å². The van der Waals surface area contributed by atoms with Gasteiger partial charge in [-0.1, -0.05) is 36.4 Å². The van der Waals surface area contributed by atoms with Gasteiger partial charge in [0.1, 0.15) is 0 Å². The average molecular weight is 342 g/mol. The minimum atomic E-state index is -1.43. The molecule has 0 atom stereocenters. The van der Waals surface area contributed by atoms with Gasteiger partial charge in [-0.05, 0) is 19.1 Å². The van der Waals surface area contributed by atoms with Crippen LogP contribution in [0.1, 0.15) is 18.1 Å². The fourth-order valence-electron chi connectivity index (χ4n) is 2.21. The predicted octanol–water partition coefficient (Wildman–Crippen LogP) is 5.10. The number of rotatable bonds is 2. The molecule has 0 spiro atoms. The predicted molar refractivity (Wildman–Crippen MR) is 97.3 cm³/mol. The number of nitrogens with zero attached hydrogens (tertiary/aromatic N) is 2. The lowest BCUT2D eigenvalue weighted by molar-refractivity contribution is 0.154. The molecule has 124 valence electrons. The van der Waals surface area contributed by atoms with E-state index in [0.717, 1.165) is 22.5 Å². The SMILES string of the molecule is CCOP1OCc2ccccc2N=CC=Nc2ccccc2CO1. The maximum Gasteiger partial charge on any atom is 0.333 e. The van der Waals surface area contributed by atoms with Crippen LogP contribution in [-0.2, 0) is 26.8 Å². The average Bonchev–Trinajstić information content (AvgIpc) is 2.63. The summed E-state index contributed by atoms with van der Waals surface area (Å²) in [6.07, 6.45) is 3.39. The van der Waals surface area contributed by atoms with E-state index in [-0.39, 0.29) is 0 Å². The van der Waals surface area contributed by atoms with E-state index in [9.17, 15) is 0 Å². The maximum atomic E-state index is 5.84. The van der Waals surface area contributed by atoms with Gasteiger partial charge in [-0.25, -0.2) is 0 Å². The summed E-state index contributed by atoms with van der Waals surface area (Å²) in [5.74, 6) is 0. The smallest absolute Gasteiger partial charge is 0.313 e. The zero-order valence-electron chi connectivity index (χ0n) is 13.5. The van der Waals surface area contributed by atoms with Crippen LogP contribution >= 0.6 is 8.60 Å². The van der Waals surface area contributed by atoms with Crippen molar-refractivity contribution < 1.29 is 13.6 Å². The zero-order valence-corrected chi connectivity index (χ0v) is 14.4. The minimum absolute atomic E-state index is 0.387. The molecule has 0 saturated heterocycles.